The summed E-state index contributed by atoms with van der Waals surface area (Å²) in [6.07, 6.45) is 1.38. The monoisotopic (exact) mass is 355 g/mol. The van der Waals surface area contributed by atoms with Crippen LogP contribution in [0.2, 0.25) is 0 Å². The van der Waals surface area contributed by atoms with E-state index in [9.17, 15) is 8.42 Å². The highest BCUT2D eigenvalue weighted by atomic mass is 79.9. The Bertz CT molecular complexity index is 719. The van der Waals surface area contributed by atoms with Gasteiger partial charge in [-0.15, -0.1) is 0 Å². The average Bonchev–Trinajstić information content (AvgIpc) is 2.38. The average molecular weight is 356 g/mol. The van der Waals surface area contributed by atoms with Gasteiger partial charge >= 0.3 is 0 Å². The number of hydrogen-bond acceptors (Lipinski definition) is 4. The van der Waals surface area contributed by atoms with Gasteiger partial charge in [0.2, 0.25) is 10.0 Å². The van der Waals surface area contributed by atoms with Crippen molar-refractivity contribution in [3.05, 3.63) is 52.6 Å². The second-order valence-corrected chi connectivity index (χ2v) is 7.27. The number of nitrogen functional groups attached to an aromatic ring is 1. The number of nitrogens with two attached hydrogens (primary N) is 1. The van der Waals surface area contributed by atoms with E-state index in [-0.39, 0.29) is 17.3 Å². The minimum atomic E-state index is -3.57. The predicted octanol–water partition coefficient (Wildman–Crippen LogP) is 2.25. The number of hydrogen-bond donors (Lipinski definition) is 1. The largest absolute Gasteiger partial charge is 0.384 e. The van der Waals surface area contributed by atoms with Crippen molar-refractivity contribution in [2.75, 3.05) is 12.8 Å². The Labute approximate surface area is 126 Å². The summed E-state index contributed by atoms with van der Waals surface area (Å²) in [7, 11) is -2.04. The summed E-state index contributed by atoms with van der Waals surface area (Å²) in [5, 5.41) is 0. The van der Waals surface area contributed by atoms with E-state index in [0.29, 0.717) is 0 Å². The van der Waals surface area contributed by atoms with Crippen molar-refractivity contribution in [1.29, 1.82) is 0 Å². The van der Waals surface area contributed by atoms with E-state index in [4.69, 9.17) is 5.73 Å². The number of aromatic nitrogens is 1. The number of rotatable bonds is 4. The first kappa shape index (κ1) is 15.0. The van der Waals surface area contributed by atoms with E-state index in [0.717, 1.165) is 10.0 Å². The molecule has 0 spiro atoms. The van der Waals surface area contributed by atoms with E-state index in [1.807, 2.05) is 24.3 Å². The van der Waals surface area contributed by atoms with Crippen LogP contribution >= 0.6 is 15.9 Å². The van der Waals surface area contributed by atoms with Crippen molar-refractivity contribution in [3.8, 4) is 0 Å². The summed E-state index contributed by atoms with van der Waals surface area (Å²) >= 11 is 3.36. The first-order chi connectivity index (χ1) is 9.39. The third-order valence-electron chi connectivity index (χ3n) is 2.75. The molecule has 0 aliphatic carbocycles. The highest BCUT2D eigenvalue weighted by Crippen LogP contribution is 2.19. The fraction of sp³-hybridized carbons (Fsp3) is 0.154. The molecule has 106 valence electrons. The normalized spacial score (nSPS) is 11.8. The molecule has 1 aromatic heterocycles. The van der Waals surface area contributed by atoms with Crippen LogP contribution in [-0.4, -0.2) is 24.8 Å². The Morgan fingerprint density at radius 2 is 2.05 bits per heavy atom. The number of pyridine rings is 1. The van der Waals surface area contributed by atoms with Gasteiger partial charge < -0.3 is 5.73 Å². The summed E-state index contributed by atoms with van der Waals surface area (Å²) in [6, 6.07) is 10.3. The SMILES string of the molecule is CN(Cc1cccc(Br)c1)S(=O)(=O)c1ccnc(N)c1. The lowest BCUT2D eigenvalue weighted by Crippen LogP contribution is -2.26. The van der Waals surface area contributed by atoms with Crippen LogP contribution in [0.5, 0.6) is 0 Å². The van der Waals surface area contributed by atoms with Gasteiger partial charge in [-0.25, -0.2) is 13.4 Å². The molecule has 0 saturated carbocycles. The molecular weight excluding hydrogens is 342 g/mol. The lowest BCUT2D eigenvalue weighted by Gasteiger charge is -2.17. The quantitative estimate of drug-likeness (QED) is 0.912. The molecule has 0 atom stereocenters. The lowest BCUT2D eigenvalue weighted by molar-refractivity contribution is 0.466. The first-order valence-corrected chi connectivity index (χ1v) is 8.05. The molecule has 1 aromatic carbocycles. The fourth-order valence-corrected chi connectivity index (χ4v) is 3.37. The molecule has 5 nitrogen and oxygen atoms in total. The Morgan fingerprint density at radius 3 is 2.70 bits per heavy atom. The van der Waals surface area contributed by atoms with Gasteiger partial charge in [-0.05, 0) is 23.8 Å². The van der Waals surface area contributed by atoms with E-state index in [1.165, 1.54) is 29.7 Å². The van der Waals surface area contributed by atoms with E-state index < -0.39 is 10.0 Å². The van der Waals surface area contributed by atoms with Crippen LogP contribution in [0.25, 0.3) is 0 Å². The smallest absolute Gasteiger partial charge is 0.243 e. The zero-order valence-electron chi connectivity index (χ0n) is 10.8. The summed E-state index contributed by atoms with van der Waals surface area (Å²) in [4.78, 5) is 3.94. The Kier molecular flexibility index (Phi) is 4.42. The second-order valence-electron chi connectivity index (χ2n) is 4.31. The highest BCUT2D eigenvalue weighted by molar-refractivity contribution is 9.10. The van der Waals surface area contributed by atoms with Crippen LogP contribution in [-0.2, 0) is 16.6 Å². The summed E-state index contributed by atoms with van der Waals surface area (Å²) in [5.74, 6) is 0.182. The Balaban J connectivity index is 2.26. The van der Waals surface area contributed by atoms with Gasteiger partial charge in [0, 0.05) is 30.3 Å². The zero-order valence-corrected chi connectivity index (χ0v) is 13.2. The standard InChI is InChI=1S/C13H14BrN3O2S/c1-17(9-10-3-2-4-11(14)7-10)20(18,19)12-5-6-16-13(15)8-12/h2-8H,9H2,1H3,(H2,15,16). The lowest BCUT2D eigenvalue weighted by atomic mass is 10.2. The third-order valence-corrected chi connectivity index (χ3v) is 5.05. The van der Waals surface area contributed by atoms with Gasteiger partial charge in [-0.3, -0.25) is 0 Å². The van der Waals surface area contributed by atoms with E-state index >= 15 is 0 Å². The molecule has 0 bridgehead atoms. The molecule has 7 heteroatoms. The number of sulfonamides is 1. The predicted molar refractivity (Wildman–Crippen MR) is 81.4 cm³/mol. The van der Waals surface area contributed by atoms with Crippen molar-refractivity contribution in [2.45, 2.75) is 11.4 Å². The molecule has 0 radical (unpaired) electrons. The molecule has 0 saturated heterocycles. The molecule has 0 aliphatic rings. The molecule has 2 N–H and O–H groups in total. The van der Waals surface area contributed by atoms with Gasteiger partial charge in [0.1, 0.15) is 5.82 Å². The zero-order chi connectivity index (χ0) is 14.8. The molecule has 0 amide bonds. The van der Waals surface area contributed by atoms with Crippen molar-refractivity contribution < 1.29 is 8.42 Å². The van der Waals surface area contributed by atoms with Gasteiger partial charge in [-0.1, -0.05) is 28.1 Å². The third kappa shape index (κ3) is 3.36. The Hall–Kier alpha value is -1.44. The van der Waals surface area contributed by atoms with Crippen LogP contribution in [0, 0.1) is 0 Å². The van der Waals surface area contributed by atoms with Crippen LogP contribution in [0.1, 0.15) is 5.56 Å². The molecule has 0 fully saturated rings. The molecular formula is C13H14BrN3O2S. The first-order valence-electron chi connectivity index (χ1n) is 5.82. The van der Waals surface area contributed by atoms with Gasteiger partial charge in [0.05, 0.1) is 4.90 Å². The number of anilines is 1. The van der Waals surface area contributed by atoms with Crippen LogP contribution in [0.15, 0.2) is 52.0 Å². The highest BCUT2D eigenvalue weighted by Gasteiger charge is 2.21. The van der Waals surface area contributed by atoms with Gasteiger partial charge in [-0.2, -0.15) is 4.31 Å². The summed E-state index contributed by atoms with van der Waals surface area (Å²) in [5.41, 5.74) is 6.42. The topological polar surface area (TPSA) is 76.3 Å². The Morgan fingerprint density at radius 1 is 1.30 bits per heavy atom. The molecule has 2 aromatic rings. The summed E-state index contributed by atoms with van der Waals surface area (Å²) in [6.45, 7) is 0.282. The maximum absolute atomic E-state index is 12.4. The molecule has 20 heavy (non-hydrogen) atoms. The van der Waals surface area contributed by atoms with Crippen LogP contribution in [0.4, 0.5) is 5.82 Å². The van der Waals surface area contributed by atoms with Crippen molar-refractivity contribution >= 4 is 31.8 Å². The summed E-state index contributed by atoms with van der Waals surface area (Å²) < 4.78 is 27.0. The maximum Gasteiger partial charge on any atom is 0.243 e. The van der Waals surface area contributed by atoms with Crippen LogP contribution in [0.3, 0.4) is 0 Å². The number of halogens is 1. The maximum atomic E-state index is 12.4. The second kappa shape index (κ2) is 5.90. The van der Waals surface area contributed by atoms with Gasteiger partial charge in [0.25, 0.3) is 0 Å². The minimum Gasteiger partial charge on any atom is -0.384 e. The number of benzene rings is 1. The van der Waals surface area contributed by atoms with E-state index in [2.05, 4.69) is 20.9 Å². The van der Waals surface area contributed by atoms with Gasteiger partial charge in [0.15, 0.2) is 0 Å². The van der Waals surface area contributed by atoms with Crippen molar-refractivity contribution in [2.24, 2.45) is 0 Å². The number of nitrogens with zero attached hydrogens (tertiary/aromatic N) is 2. The fourth-order valence-electron chi connectivity index (χ4n) is 1.75. The molecule has 2 rings (SSSR count). The minimum absolute atomic E-state index is 0.141. The van der Waals surface area contributed by atoms with Crippen LogP contribution < -0.4 is 5.73 Å². The van der Waals surface area contributed by atoms with Crippen molar-refractivity contribution in [3.63, 3.8) is 0 Å². The molecule has 0 unspecified atom stereocenters. The van der Waals surface area contributed by atoms with E-state index in [1.54, 1.807) is 0 Å². The van der Waals surface area contributed by atoms with Crippen molar-refractivity contribution in [1.82, 2.24) is 9.29 Å². The molecule has 1 heterocycles. The molecule has 0 aliphatic heterocycles.